The van der Waals surface area contributed by atoms with Gasteiger partial charge in [-0.3, -0.25) is 14.9 Å². The molecule has 7 heteroatoms. The first kappa shape index (κ1) is 16.9. The number of para-hydroxylation sites is 1. The topological polar surface area (TPSA) is 72.7 Å². The molecule has 130 valence electrons. The Balaban J connectivity index is 1.85. The van der Waals surface area contributed by atoms with E-state index in [2.05, 4.69) is 0 Å². The molecule has 2 aromatic carbocycles. The van der Waals surface area contributed by atoms with Crippen LogP contribution in [0, 0.1) is 15.9 Å². The second-order valence-corrected chi connectivity index (χ2v) is 6.02. The van der Waals surface area contributed by atoms with Crippen molar-refractivity contribution in [3.05, 3.63) is 64.0 Å². The molecule has 2 atom stereocenters. The van der Waals surface area contributed by atoms with Gasteiger partial charge in [0.15, 0.2) is 6.10 Å². The Morgan fingerprint density at radius 1 is 1.36 bits per heavy atom. The molecule has 0 saturated heterocycles. The smallest absolute Gasteiger partial charge is 0.311 e. The Morgan fingerprint density at radius 2 is 2.08 bits per heavy atom. The Morgan fingerprint density at radius 3 is 2.80 bits per heavy atom. The summed E-state index contributed by atoms with van der Waals surface area (Å²) >= 11 is 0. The van der Waals surface area contributed by atoms with E-state index in [1.165, 1.54) is 6.92 Å². The second-order valence-electron chi connectivity index (χ2n) is 6.02. The lowest BCUT2D eigenvalue weighted by Gasteiger charge is -2.26. The summed E-state index contributed by atoms with van der Waals surface area (Å²) in [6.07, 6.45) is -0.261. The number of hydrogen-bond donors (Lipinski definition) is 0. The van der Waals surface area contributed by atoms with E-state index in [0.717, 1.165) is 35.9 Å². The number of nitro groups is 1. The summed E-state index contributed by atoms with van der Waals surface area (Å²) in [4.78, 5) is 24.9. The molecule has 6 nitrogen and oxygen atoms in total. The largest absolute Gasteiger partial charge is 0.474 e. The van der Waals surface area contributed by atoms with Gasteiger partial charge in [-0.25, -0.2) is 4.39 Å². The molecule has 1 aliphatic heterocycles. The van der Waals surface area contributed by atoms with E-state index in [1.54, 1.807) is 4.90 Å². The van der Waals surface area contributed by atoms with Crippen LogP contribution in [0.15, 0.2) is 42.5 Å². The van der Waals surface area contributed by atoms with Crippen molar-refractivity contribution in [3.63, 3.8) is 0 Å². The number of rotatable bonds is 4. The molecular weight excluding hydrogens is 327 g/mol. The third-order valence-electron chi connectivity index (χ3n) is 4.21. The molecule has 1 heterocycles. The first-order chi connectivity index (χ1) is 11.9. The standard InChI is InChI=1S/C18H17FN2O4/c1-11-9-13-5-3-4-6-15(13)20(11)18(22)12(2)25-17-10-14(19)7-8-16(17)21(23)24/h3-8,10-12H,9H2,1-2H3/t11-,12-/m0/s1. The van der Waals surface area contributed by atoms with Crippen molar-refractivity contribution in [3.8, 4) is 5.75 Å². The summed E-state index contributed by atoms with van der Waals surface area (Å²) in [7, 11) is 0. The summed E-state index contributed by atoms with van der Waals surface area (Å²) in [6.45, 7) is 3.43. The lowest BCUT2D eigenvalue weighted by atomic mass is 10.1. The van der Waals surface area contributed by atoms with Gasteiger partial charge in [-0.2, -0.15) is 0 Å². The molecule has 1 aliphatic rings. The lowest BCUT2D eigenvalue weighted by molar-refractivity contribution is -0.386. The molecule has 1 amide bonds. The van der Waals surface area contributed by atoms with Gasteiger partial charge in [-0.15, -0.1) is 0 Å². The number of nitrogens with zero attached hydrogens (tertiary/aromatic N) is 2. The van der Waals surface area contributed by atoms with Gasteiger partial charge >= 0.3 is 5.69 Å². The van der Waals surface area contributed by atoms with Crippen LogP contribution in [0.2, 0.25) is 0 Å². The normalized spacial score (nSPS) is 17.1. The van der Waals surface area contributed by atoms with Crippen LogP contribution in [0.1, 0.15) is 19.4 Å². The predicted octanol–water partition coefficient (Wildman–Crippen LogP) is 3.48. The number of fused-ring (bicyclic) bond motifs is 1. The van der Waals surface area contributed by atoms with Crippen molar-refractivity contribution in [2.75, 3.05) is 4.90 Å². The average Bonchev–Trinajstić information content (AvgIpc) is 2.89. The SMILES string of the molecule is C[C@H](Oc1cc(F)ccc1[N+](=O)[O-])C(=O)N1c2ccccc2C[C@@H]1C. The highest BCUT2D eigenvalue weighted by atomic mass is 19.1. The van der Waals surface area contributed by atoms with Crippen LogP contribution in [0.5, 0.6) is 5.75 Å². The van der Waals surface area contributed by atoms with Crippen molar-refractivity contribution >= 4 is 17.3 Å². The van der Waals surface area contributed by atoms with Gasteiger partial charge in [0.05, 0.1) is 4.92 Å². The van der Waals surface area contributed by atoms with Crippen molar-refractivity contribution < 1.29 is 18.8 Å². The van der Waals surface area contributed by atoms with E-state index in [4.69, 9.17) is 4.74 Å². The zero-order chi connectivity index (χ0) is 18.1. The summed E-state index contributed by atoms with van der Waals surface area (Å²) in [5.41, 5.74) is 1.49. The minimum Gasteiger partial charge on any atom is -0.474 e. The van der Waals surface area contributed by atoms with Gasteiger partial charge in [0.2, 0.25) is 5.75 Å². The number of carbonyl (C=O) groups is 1. The van der Waals surface area contributed by atoms with Crippen molar-refractivity contribution in [1.82, 2.24) is 0 Å². The highest BCUT2D eigenvalue weighted by Gasteiger charge is 2.34. The molecule has 25 heavy (non-hydrogen) atoms. The van der Waals surface area contributed by atoms with Crippen LogP contribution in [-0.4, -0.2) is 23.0 Å². The zero-order valence-corrected chi connectivity index (χ0v) is 13.8. The molecular formula is C18H17FN2O4. The number of amides is 1. The van der Waals surface area contributed by atoms with Crippen molar-refractivity contribution in [2.24, 2.45) is 0 Å². The monoisotopic (exact) mass is 344 g/mol. The second kappa shape index (κ2) is 6.51. The number of carbonyl (C=O) groups excluding carboxylic acids is 1. The molecule has 0 unspecified atom stereocenters. The summed E-state index contributed by atoms with van der Waals surface area (Å²) in [5, 5.41) is 11.1. The quantitative estimate of drug-likeness (QED) is 0.629. The predicted molar refractivity (Wildman–Crippen MR) is 90.2 cm³/mol. The van der Waals surface area contributed by atoms with Gasteiger partial charge < -0.3 is 9.64 Å². The molecule has 0 spiro atoms. The van der Waals surface area contributed by atoms with Gasteiger partial charge in [0.1, 0.15) is 5.82 Å². The minimum absolute atomic E-state index is 0.0431. The van der Waals surface area contributed by atoms with E-state index in [0.29, 0.717) is 0 Å². The van der Waals surface area contributed by atoms with Crippen LogP contribution >= 0.6 is 0 Å². The zero-order valence-electron chi connectivity index (χ0n) is 13.8. The maximum Gasteiger partial charge on any atom is 0.311 e. The van der Waals surface area contributed by atoms with Crippen LogP contribution < -0.4 is 9.64 Å². The fraction of sp³-hybridized carbons (Fsp3) is 0.278. The summed E-state index contributed by atoms with van der Waals surface area (Å²) in [6, 6.07) is 10.5. The Hall–Kier alpha value is -2.96. The fourth-order valence-corrected chi connectivity index (χ4v) is 3.07. The maximum absolute atomic E-state index is 13.4. The van der Waals surface area contributed by atoms with Gasteiger partial charge in [-0.1, -0.05) is 18.2 Å². The van der Waals surface area contributed by atoms with Crippen LogP contribution in [-0.2, 0) is 11.2 Å². The number of benzene rings is 2. The van der Waals surface area contributed by atoms with Crippen LogP contribution in [0.3, 0.4) is 0 Å². The average molecular weight is 344 g/mol. The Kier molecular flexibility index (Phi) is 4.39. The van der Waals surface area contributed by atoms with E-state index in [1.807, 2.05) is 31.2 Å². The molecule has 0 aromatic heterocycles. The maximum atomic E-state index is 13.4. The van der Waals surface area contributed by atoms with E-state index >= 15 is 0 Å². The van der Waals surface area contributed by atoms with Gasteiger partial charge in [0.25, 0.3) is 5.91 Å². The van der Waals surface area contributed by atoms with Crippen molar-refractivity contribution in [2.45, 2.75) is 32.4 Å². The van der Waals surface area contributed by atoms with Crippen LogP contribution in [0.25, 0.3) is 0 Å². The lowest BCUT2D eigenvalue weighted by Crippen LogP contribution is -2.43. The summed E-state index contributed by atoms with van der Waals surface area (Å²) in [5.74, 6) is -1.25. The first-order valence-corrected chi connectivity index (χ1v) is 7.90. The number of halogens is 1. The number of hydrogen-bond acceptors (Lipinski definition) is 4. The number of anilines is 1. The van der Waals surface area contributed by atoms with E-state index < -0.39 is 16.8 Å². The molecule has 0 aliphatic carbocycles. The third-order valence-corrected chi connectivity index (χ3v) is 4.21. The third kappa shape index (κ3) is 3.17. The van der Waals surface area contributed by atoms with E-state index in [-0.39, 0.29) is 23.4 Å². The Labute approximate surface area is 144 Å². The molecule has 0 bridgehead atoms. The molecule has 0 radical (unpaired) electrons. The molecule has 0 fully saturated rings. The Bertz CT molecular complexity index is 840. The van der Waals surface area contributed by atoms with Gasteiger partial charge in [-0.05, 0) is 38.0 Å². The number of nitro benzene ring substituents is 1. The van der Waals surface area contributed by atoms with Crippen molar-refractivity contribution in [1.29, 1.82) is 0 Å². The molecule has 3 rings (SSSR count). The highest BCUT2D eigenvalue weighted by molar-refractivity contribution is 5.99. The van der Waals surface area contributed by atoms with E-state index in [9.17, 15) is 19.3 Å². The highest BCUT2D eigenvalue weighted by Crippen LogP contribution is 2.33. The molecule has 0 saturated carbocycles. The molecule has 0 N–H and O–H groups in total. The summed E-state index contributed by atoms with van der Waals surface area (Å²) < 4.78 is 18.9. The minimum atomic E-state index is -0.992. The number of ether oxygens (including phenoxy) is 1. The molecule has 2 aromatic rings. The van der Waals surface area contributed by atoms with Gasteiger partial charge in [0, 0.05) is 23.9 Å². The van der Waals surface area contributed by atoms with Crippen LogP contribution in [0.4, 0.5) is 15.8 Å². The fourth-order valence-electron chi connectivity index (χ4n) is 3.07. The first-order valence-electron chi connectivity index (χ1n) is 7.90.